The quantitative estimate of drug-likeness (QED) is 0.763. The number of hydrogen-bond donors (Lipinski definition) is 0. The molecule has 2 aromatic heterocycles. The maximum atomic E-state index is 12.5. The number of hydrogen-bond acceptors (Lipinski definition) is 4. The Balaban J connectivity index is 2.39. The Kier molecular flexibility index (Phi) is 3.96. The first-order valence-corrected chi connectivity index (χ1v) is 9.27. The fourth-order valence-corrected chi connectivity index (χ4v) is 3.82. The maximum Gasteiger partial charge on any atom is 0.266 e. The van der Waals surface area contributed by atoms with E-state index in [-0.39, 0.29) is 16.8 Å². The molecular formula is C14H16BrN3O2S. The smallest absolute Gasteiger partial charge is 0.266 e. The van der Waals surface area contributed by atoms with Gasteiger partial charge in [-0.25, -0.2) is 9.97 Å². The van der Waals surface area contributed by atoms with Gasteiger partial charge in [-0.3, -0.25) is 13.6 Å². The first kappa shape index (κ1) is 14.8. The summed E-state index contributed by atoms with van der Waals surface area (Å²) in [5.41, 5.74) is 1.28. The molecule has 0 aromatic carbocycles. The van der Waals surface area contributed by atoms with Gasteiger partial charge in [0.2, 0.25) is 5.16 Å². The van der Waals surface area contributed by atoms with Crippen molar-refractivity contribution in [3.05, 3.63) is 26.6 Å². The van der Waals surface area contributed by atoms with Gasteiger partial charge in [-0.05, 0) is 41.8 Å². The molecule has 1 atom stereocenters. The second-order valence-corrected chi connectivity index (χ2v) is 7.52. The Labute approximate surface area is 133 Å². The lowest BCUT2D eigenvalue weighted by Crippen LogP contribution is -2.25. The standard InChI is InChI=1S/C14H16BrN3O2S/c1-8-10-7-11(15)13(19)18(9-5-3-4-6-9)12(10)17-14(16-8)21(2)20/h7,9H,3-6H2,1-2H3. The molecule has 0 aliphatic heterocycles. The lowest BCUT2D eigenvalue weighted by Gasteiger charge is -2.17. The third-order valence-corrected chi connectivity index (χ3v) is 5.23. The minimum Gasteiger partial charge on any atom is -0.288 e. The average molecular weight is 370 g/mol. The molecule has 1 aliphatic rings. The van der Waals surface area contributed by atoms with Crippen LogP contribution >= 0.6 is 15.9 Å². The Hall–Kier alpha value is -1.08. The molecule has 1 unspecified atom stereocenters. The molecule has 7 heteroatoms. The summed E-state index contributed by atoms with van der Waals surface area (Å²) in [4.78, 5) is 21.2. The number of rotatable bonds is 2. The van der Waals surface area contributed by atoms with Gasteiger partial charge in [0.05, 0.1) is 21.0 Å². The minimum atomic E-state index is -1.27. The summed E-state index contributed by atoms with van der Waals surface area (Å²) in [5, 5.41) is 1.12. The van der Waals surface area contributed by atoms with Gasteiger partial charge in [0.25, 0.3) is 5.56 Å². The molecule has 5 nitrogen and oxygen atoms in total. The van der Waals surface area contributed by atoms with Crippen LogP contribution in [0.15, 0.2) is 20.5 Å². The highest BCUT2D eigenvalue weighted by atomic mass is 79.9. The van der Waals surface area contributed by atoms with E-state index in [2.05, 4.69) is 25.9 Å². The molecule has 1 fully saturated rings. The molecule has 0 radical (unpaired) electrons. The number of aryl methyl sites for hydroxylation is 1. The Morgan fingerprint density at radius 2 is 2.00 bits per heavy atom. The number of fused-ring (bicyclic) bond motifs is 1. The summed E-state index contributed by atoms with van der Waals surface area (Å²) >= 11 is 3.35. The highest BCUT2D eigenvalue weighted by Crippen LogP contribution is 2.31. The van der Waals surface area contributed by atoms with Crippen LogP contribution in [0.5, 0.6) is 0 Å². The van der Waals surface area contributed by atoms with Gasteiger partial charge >= 0.3 is 0 Å². The Bertz CT molecular complexity index is 797. The normalized spacial score (nSPS) is 17.5. The van der Waals surface area contributed by atoms with Gasteiger partial charge in [-0.2, -0.15) is 0 Å². The van der Waals surface area contributed by atoms with E-state index in [1.807, 2.05) is 6.92 Å². The zero-order valence-electron chi connectivity index (χ0n) is 11.9. The lowest BCUT2D eigenvalue weighted by atomic mass is 10.2. The van der Waals surface area contributed by atoms with Gasteiger partial charge < -0.3 is 0 Å². The van der Waals surface area contributed by atoms with E-state index in [1.165, 1.54) is 0 Å². The Morgan fingerprint density at radius 1 is 1.33 bits per heavy atom. The van der Waals surface area contributed by atoms with E-state index in [1.54, 1.807) is 16.9 Å². The third kappa shape index (κ3) is 2.57. The van der Waals surface area contributed by atoms with Crippen molar-refractivity contribution >= 4 is 37.8 Å². The zero-order chi connectivity index (χ0) is 15.1. The molecule has 21 heavy (non-hydrogen) atoms. The van der Waals surface area contributed by atoms with Crippen molar-refractivity contribution in [1.29, 1.82) is 0 Å². The molecular weight excluding hydrogens is 354 g/mol. The maximum absolute atomic E-state index is 12.5. The van der Waals surface area contributed by atoms with Crippen molar-refractivity contribution in [3.63, 3.8) is 0 Å². The third-order valence-electron chi connectivity index (χ3n) is 3.96. The van der Waals surface area contributed by atoms with E-state index in [4.69, 9.17) is 0 Å². The molecule has 112 valence electrons. The largest absolute Gasteiger partial charge is 0.288 e. The minimum absolute atomic E-state index is 0.0691. The second kappa shape index (κ2) is 5.61. The summed E-state index contributed by atoms with van der Waals surface area (Å²) in [6, 6.07) is 1.94. The molecule has 3 rings (SSSR count). The van der Waals surface area contributed by atoms with E-state index in [0.29, 0.717) is 10.1 Å². The summed E-state index contributed by atoms with van der Waals surface area (Å²) in [6.07, 6.45) is 5.78. The van der Waals surface area contributed by atoms with Crippen LogP contribution in [-0.2, 0) is 10.8 Å². The molecule has 0 bridgehead atoms. The number of aromatic nitrogens is 3. The molecule has 1 saturated carbocycles. The monoisotopic (exact) mass is 369 g/mol. The predicted octanol–water partition coefficient (Wildman–Crippen LogP) is 2.71. The van der Waals surface area contributed by atoms with Crippen LogP contribution in [0.1, 0.15) is 37.4 Å². The lowest BCUT2D eigenvalue weighted by molar-refractivity contribution is 0.512. The number of pyridine rings is 1. The molecule has 0 N–H and O–H groups in total. The first-order valence-electron chi connectivity index (χ1n) is 6.92. The predicted molar refractivity (Wildman–Crippen MR) is 86.1 cm³/mol. The number of nitrogens with zero attached hydrogens (tertiary/aromatic N) is 3. The summed E-state index contributed by atoms with van der Waals surface area (Å²) in [7, 11) is -1.27. The summed E-state index contributed by atoms with van der Waals surface area (Å²) in [5.74, 6) is 0. The van der Waals surface area contributed by atoms with E-state index in [0.717, 1.165) is 36.8 Å². The summed E-state index contributed by atoms with van der Waals surface area (Å²) < 4.78 is 14.0. The van der Waals surface area contributed by atoms with E-state index in [9.17, 15) is 9.00 Å². The van der Waals surface area contributed by atoms with Crippen molar-refractivity contribution in [1.82, 2.24) is 14.5 Å². The molecule has 2 aromatic rings. The van der Waals surface area contributed by atoms with Crippen LogP contribution in [0.2, 0.25) is 0 Å². The van der Waals surface area contributed by atoms with Crippen molar-refractivity contribution in [2.75, 3.05) is 6.26 Å². The topological polar surface area (TPSA) is 64.8 Å². The molecule has 0 spiro atoms. The van der Waals surface area contributed by atoms with E-state index < -0.39 is 10.8 Å². The fourth-order valence-electron chi connectivity index (χ4n) is 2.92. The SMILES string of the molecule is Cc1nc(S(C)=O)nc2c1cc(Br)c(=O)n2C1CCCC1. The van der Waals surface area contributed by atoms with Crippen LogP contribution in [0.3, 0.4) is 0 Å². The molecule has 0 saturated heterocycles. The van der Waals surface area contributed by atoms with Gasteiger partial charge in [-0.1, -0.05) is 12.8 Å². The van der Waals surface area contributed by atoms with Gasteiger partial charge in [0.15, 0.2) is 0 Å². The Morgan fingerprint density at radius 3 is 2.62 bits per heavy atom. The fraction of sp³-hybridized carbons (Fsp3) is 0.500. The van der Waals surface area contributed by atoms with E-state index >= 15 is 0 Å². The molecule has 0 amide bonds. The summed E-state index contributed by atoms with van der Waals surface area (Å²) in [6.45, 7) is 1.86. The van der Waals surface area contributed by atoms with Crippen molar-refractivity contribution in [2.45, 2.75) is 43.8 Å². The molecule has 1 aliphatic carbocycles. The van der Waals surface area contributed by atoms with Crippen molar-refractivity contribution in [2.24, 2.45) is 0 Å². The van der Waals surface area contributed by atoms with Crippen LogP contribution in [0.25, 0.3) is 11.0 Å². The highest BCUT2D eigenvalue weighted by Gasteiger charge is 2.23. The van der Waals surface area contributed by atoms with Crippen LogP contribution in [-0.4, -0.2) is 25.0 Å². The average Bonchev–Trinajstić information content (AvgIpc) is 2.94. The molecule has 2 heterocycles. The second-order valence-electron chi connectivity index (χ2n) is 5.39. The van der Waals surface area contributed by atoms with Crippen LogP contribution in [0, 0.1) is 6.92 Å². The van der Waals surface area contributed by atoms with Crippen molar-refractivity contribution < 1.29 is 4.21 Å². The highest BCUT2D eigenvalue weighted by molar-refractivity contribution is 9.10. The van der Waals surface area contributed by atoms with Crippen molar-refractivity contribution in [3.8, 4) is 0 Å². The van der Waals surface area contributed by atoms with Crippen LogP contribution in [0.4, 0.5) is 0 Å². The van der Waals surface area contributed by atoms with Crippen LogP contribution < -0.4 is 5.56 Å². The van der Waals surface area contributed by atoms with Gasteiger partial charge in [-0.15, -0.1) is 0 Å². The van der Waals surface area contributed by atoms with Gasteiger partial charge in [0, 0.05) is 17.7 Å². The van der Waals surface area contributed by atoms with Gasteiger partial charge in [0.1, 0.15) is 5.65 Å². The first-order chi connectivity index (χ1) is 9.99. The number of halogens is 1. The zero-order valence-corrected chi connectivity index (χ0v) is 14.3.